The number of ether oxygens (including phenoxy) is 1. The number of carbonyl (C=O) groups is 1. The number of carbonyl (C=O) groups excluding carboxylic acids is 1. The molecule has 0 saturated heterocycles. The molecule has 2 aromatic carbocycles. The predicted molar refractivity (Wildman–Crippen MR) is 101 cm³/mol. The van der Waals surface area contributed by atoms with Gasteiger partial charge >= 0.3 is 5.97 Å². The zero-order chi connectivity index (χ0) is 18.5. The third-order valence-electron chi connectivity index (χ3n) is 4.09. The van der Waals surface area contributed by atoms with Crippen molar-refractivity contribution >= 4 is 22.6 Å². The van der Waals surface area contributed by atoms with Gasteiger partial charge in [-0.1, -0.05) is 36.4 Å². The number of furan rings is 1. The largest absolute Gasteiger partial charge is 0.462 e. The van der Waals surface area contributed by atoms with Gasteiger partial charge in [0.25, 0.3) is 0 Å². The topological polar surface area (TPSA) is 62.9 Å². The van der Waals surface area contributed by atoms with Crippen LogP contribution in [0, 0.1) is 0 Å². The van der Waals surface area contributed by atoms with E-state index >= 15 is 0 Å². The number of fused-ring (bicyclic) bond motifs is 1. The maximum absolute atomic E-state index is 12.5. The van der Waals surface area contributed by atoms with Gasteiger partial charge in [-0.15, -0.1) is 0 Å². The summed E-state index contributed by atoms with van der Waals surface area (Å²) < 4.78 is 11.2. The highest BCUT2D eigenvalue weighted by Crippen LogP contribution is 2.29. The van der Waals surface area contributed by atoms with Crippen LogP contribution in [-0.2, 0) is 11.3 Å². The molecule has 3 aromatic rings. The molecule has 1 atom stereocenters. The monoisotopic (exact) mass is 353 g/mol. The SMILES string of the molecule is CCOC(=O)c1c(CN(CC(C)O)c2ccccc2)oc2ccccc12. The van der Waals surface area contributed by atoms with Crippen LogP contribution in [0.1, 0.15) is 30.0 Å². The molecule has 136 valence electrons. The number of hydrogen-bond acceptors (Lipinski definition) is 5. The summed E-state index contributed by atoms with van der Waals surface area (Å²) in [6, 6.07) is 17.2. The third kappa shape index (κ3) is 3.89. The Morgan fingerprint density at radius 1 is 1.15 bits per heavy atom. The number of esters is 1. The highest BCUT2D eigenvalue weighted by molar-refractivity contribution is 6.04. The van der Waals surface area contributed by atoms with Crippen molar-refractivity contribution < 1.29 is 19.1 Å². The first-order valence-electron chi connectivity index (χ1n) is 8.75. The van der Waals surface area contributed by atoms with Crippen LogP contribution < -0.4 is 4.90 Å². The smallest absolute Gasteiger partial charge is 0.342 e. The number of aliphatic hydroxyl groups is 1. The van der Waals surface area contributed by atoms with E-state index in [-0.39, 0.29) is 0 Å². The van der Waals surface area contributed by atoms with Crippen LogP contribution in [0.5, 0.6) is 0 Å². The van der Waals surface area contributed by atoms with Crippen LogP contribution in [0.4, 0.5) is 5.69 Å². The van der Waals surface area contributed by atoms with Crippen molar-refractivity contribution in [3.8, 4) is 0 Å². The molecule has 1 aromatic heterocycles. The Kier molecular flexibility index (Phi) is 5.58. The lowest BCUT2D eigenvalue weighted by atomic mass is 10.1. The molecule has 5 heteroatoms. The Hall–Kier alpha value is -2.79. The van der Waals surface area contributed by atoms with E-state index in [2.05, 4.69) is 0 Å². The molecule has 0 aliphatic heterocycles. The lowest BCUT2D eigenvalue weighted by Crippen LogP contribution is -2.31. The minimum absolute atomic E-state index is 0.299. The van der Waals surface area contributed by atoms with Gasteiger partial charge in [0.1, 0.15) is 16.9 Å². The standard InChI is InChI=1S/C21H23NO4/c1-3-25-21(24)20-17-11-7-8-12-18(17)26-19(20)14-22(13-15(2)23)16-9-5-4-6-10-16/h4-12,15,23H,3,13-14H2,1-2H3. The lowest BCUT2D eigenvalue weighted by molar-refractivity contribution is 0.0526. The zero-order valence-electron chi connectivity index (χ0n) is 15.0. The molecule has 0 aliphatic rings. The molecule has 0 bridgehead atoms. The fourth-order valence-corrected chi connectivity index (χ4v) is 3.03. The number of benzene rings is 2. The van der Waals surface area contributed by atoms with Crippen molar-refractivity contribution in [1.82, 2.24) is 0 Å². The van der Waals surface area contributed by atoms with E-state index in [9.17, 15) is 9.90 Å². The lowest BCUT2D eigenvalue weighted by Gasteiger charge is -2.25. The average Bonchev–Trinajstić information content (AvgIpc) is 2.99. The quantitative estimate of drug-likeness (QED) is 0.651. The molecule has 0 spiro atoms. The summed E-state index contributed by atoms with van der Waals surface area (Å²) in [7, 11) is 0. The van der Waals surface area contributed by atoms with Gasteiger partial charge < -0.3 is 19.2 Å². The molecule has 1 unspecified atom stereocenters. The number of para-hydroxylation sites is 2. The van der Waals surface area contributed by atoms with Gasteiger partial charge in [0.05, 0.1) is 19.3 Å². The first-order valence-corrected chi connectivity index (χ1v) is 8.75. The Bertz CT molecular complexity index is 870. The third-order valence-corrected chi connectivity index (χ3v) is 4.09. The van der Waals surface area contributed by atoms with Crippen LogP contribution >= 0.6 is 0 Å². The number of anilines is 1. The molecule has 3 rings (SSSR count). The van der Waals surface area contributed by atoms with Gasteiger partial charge in [0.2, 0.25) is 0 Å². The second kappa shape index (κ2) is 8.06. The van der Waals surface area contributed by atoms with Gasteiger partial charge in [-0.3, -0.25) is 0 Å². The van der Waals surface area contributed by atoms with Crippen molar-refractivity contribution in [2.45, 2.75) is 26.5 Å². The van der Waals surface area contributed by atoms with Crippen LogP contribution in [0.15, 0.2) is 59.0 Å². The number of hydrogen-bond donors (Lipinski definition) is 1. The van der Waals surface area contributed by atoms with E-state index in [1.807, 2.05) is 59.5 Å². The van der Waals surface area contributed by atoms with E-state index in [4.69, 9.17) is 9.15 Å². The van der Waals surface area contributed by atoms with E-state index < -0.39 is 12.1 Å². The molecule has 1 heterocycles. The highest BCUT2D eigenvalue weighted by atomic mass is 16.5. The van der Waals surface area contributed by atoms with Gasteiger partial charge in [-0.25, -0.2) is 4.79 Å². The maximum Gasteiger partial charge on any atom is 0.342 e. The molecule has 1 N–H and O–H groups in total. The summed E-state index contributed by atoms with van der Waals surface area (Å²) in [5, 5.41) is 10.6. The van der Waals surface area contributed by atoms with Crippen molar-refractivity contribution in [2.24, 2.45) is 0 Å². The minimum Gasteiger partial charge on any atom is -0.462 e. The minimum atomic E-state index is -0.523. The zero-order valence-corrected chi connectivity index (χ0v) is 15.0. The van der Waals surface area contributed by atoms with E-state index in [1.165, 1.54) is 0 Å². The van der Waals surface area contributed by atoms with Crippen LogP contribution in [0.25, 0.3) is 11.0 Å². The number of rotatable bonds is 7. The molecule has 5 nitrogen and oxygen atoms in total. The van der Waals surface area contributed by atoms with Crippen molar-refractivity contribution in [3.05, 3.63) is 65.9 Å². The second-order valence-corrected chi connectivity index (χ2v) is 6.18. The highest BCUT2D eigenvalue weighted by Gasteiger charge is 2.24. The predicted octanol–water partition coefficient (Wildman–Crippen LogP) is 4.00. The summed E-state index contributed by atoms with van der Waals surface area (Å²) in [6.07, 6.45) is -0.523. The second-order valence-electron chi connectivity index (χ2n) is 6.18. The fourth-order valence-electron chi connectivity index (χ4n) is 3.03. The van der Waals surface area contributed by atoms with Crippen LogP contribution in [-0.4, -0.2) is 30.3 Å². The summed E-state index contributed by atoms with van der Waals surface area (Å²) in [5.41, 5.74) is 2.05. The molecular weight excluding hydrogens is 330 g/mol. The summed E-state index contributed by atoms with van der Waals surface area (Å²) >= 11 is 0. The molecule has 0 radical (unpaired) electrons. The summed E-state index contributed by atoms with van der Waals surface area (Å²) in [5.74, 6) is 0.145. The first-order chi connectivity index (χ1) is 12.6. The Balaban J connectivity index is 2.02. The summed E-state index contributed by atoms with van der Waals surface area (Å²) in [6.45, 7) is 4.60. The number of aliphatic hydroxyl groups excluding tert-OH is 1. The van der Waals surface area contributed by atoms with E-state index in [1.54, 1.807) is 13.8 Å². The fraction of sp³-hybridized carbons (Fsp3) is 0.286. The van der Waals surface area contributed by atoms with Gasteiger partial charge in [0.15, 0.2) is 0 Å². The van der Waals surface area contributed by atoms with Crippen molar-refractivity contribution in [1.29, 1.82) is 0 Å². The van der Waals surface area contributed by atoms with Crippen LogP contribution in [0.3, 0.4) is 0 Å². The molecule has 0 saturated carbocycles. The molecule has 0 fully saturated rings. The maximum atomic E-state index is 12.5. The Morgan fingerprint density at radius 2 is 1.85 bits per heavy atom. The van der Waals surface area contributed by atoms with E-state index in [0.29, 0.717) is 36.6 Å². The molecular formula is C21H23NO4. The van der Waals surface area contributed by atoms with Crippen molar-refractivity contribution in [3.63, 3.8) is 0 Å². The summed E-state index contributed by atoms with van der Waals surface area (Å²) in [4.78, 5) is 14.5. The van der Waals surface area contributed by atoms with Gasteiger partial charge in [-0.05, 0) is 32.0 Å². The first kappa shape index (κ1) is 18.0. The van der Waals surface area contributed by atoms with Gasteiger partial charge in [-0.2, -0.15) is 0 Å². The van der Waals surface area contributed by atoms with Gasteiger partial charge in [0, 0.05) is 17.6 Å². The Labute approximate surface area is 152 Å². The average molecular weight is 353 g/mol. The van der Waals surface area contributed by atoms with E-state index in [0.717, 1.165) is 11.1 Å². The van der Waals surface area contributed by atoms with Crippen LogP contribution in [0.2, 0.25) is 0 Å². The van der Waals surface area contributed by atoms with Crippen molar-refractivity contribution in [2.75, 3.05) is 18.1 Å². The molecule has 0 amide bonds. The number of nitrogens with zero attached hydrogens (tertiary/aromatic N) is 1. The molecule has 0 aliphatic carbocycles. The Morgan fingerprint density at radius 3 is 2.54 bits per heavy atom. The molecule has 26 heavy (non-hydrogen) atoms. The normalized spacial score (nSPS) is 12.1.